The maximum absolute atomic E-state index is 12.3. The van der Waals surface area contributed by atoms with Crippen LogP contribution in [0.5, 0.6) is 0 Å². The van der Waals surface area contributed by atoms with Crippen LogP contribution in [-0.4, -0.2) is 43.8 Å². The Labute approximate surface area is 136 Å². The minimum Gasteiger partial charge on any atom is -0.342 e. The van der Waals surface area contributed by atoms with E-state index in [1.807, 2.05) is 31.2 Å². The van der Waals surface area contributed by atoms with Crippen molar-refractivity contribution < 1.29 is 13.2 Å². The van der Waals surface area contributed by atoms with Gasteiger partial charge in [0.05, 0.1) is 11.5 Å². The van der Waals surface area contributed by atoms with Crippen molar-refractivity contribution in [2.45, 2.75) is 24.7 Å². The molecule has 1 aliphatic rings. The van der Waals surface area contributed by atoms with Crippen LogP contribution < -0.4 is 5.14 Å². The van der Waals surface area contributed by atoms with Crippen molar-refractivity contribution in [3.8, 4) is 0 Å². The molecule has 1 aromatic rings. The average Bonchev–Trinajstić information content (AvgIpc) is 2.44. The van der Waals surface area contributed by atoms with Gasteiger partial charge >= 0.3 is 0 Å². The molecule has 0 aromatic heterocycles. The van der Waals surface area contributed by atoms with Crippen molar-refractivity contribution in [3.63, 3.8) is 0 Å². The number of likely N-dealkylation sites (tertiary alicyclic amines) is 1. The highest BCUT2D eigenvalue weighted by molar-refractivity contribution is 8.00. The lowest BCUT2D eigenvalue weighted by Crippen LogP contribution is -2.43. The monoisotopic (exact) mass is 342 g/mol. The number of rotatable bonds is 5. The summed E-state index contributed by atoms with van der Waals surface area (Å²) in [5.41, 5.74) is 1.16. The van der Waals surface area contributed by atoms with Gasteiger partial charge in [-0.3, -0.25) is 4.79 Å². The highest BCUT2D eigenvalue weighted by Crippen LogP contribution is 2.24. The van der Waals surface area contributed by atoms with Crippen molar-refractivity contribution >= 4 is 27.7 Å². The predicted molar refractivity (Wildman–Crippen MR) is 89.2 cm³/mol. The number of hydrogen-bond acceptors (Lipinski definition) is 4. The molecule has 1 aliphatic heterocycles. The molecule has 1 fully saturated rings. The van der Waals surface area contributed by atoms with Gasteiger partial charge in [0, 0.05) is 18.0 Å². The molecule has 0 saturated carbocycles. The van der Waals surface area contributed by atoms with E-state index in [0.29, 0.717) is 18.8 Å². The maximum Gasteiger partial charge on any atom is 0.232 e. The average molecular weight is 342 g/mol. The van der Waals surface area contributed by atoms with Crippen LogP contribution in [0.1, 0.15) is 18.4 Å². The fourth-order valence-electron chi connectivity index (χ4n) is 2.71. The molecule has 122 valence electrons. The van der Waals surface area contributed by atoms with Crippen LogP contribution in [0.3, 0.4) is 0 Å². The molecule has 0 radical (unpaired) electrons. The first-order valence-electron chi connectivity index (χ1n) is 7.32. The van der Waals surface area contributed by atoms with Gasteiger partial charge in [0.2, 0.25) is 15.9 Å². The zero-order valence-electron chi connectivity index (χ0n) is 12.7. The van der Waals surface area contributed by atoms with Crippen LogP contribution in [0.15, 0.2) is 29.2 Å². The fourth-order valence-corrected chi connectivity index (χ4v) is 4.57. The van der Waals surface area contributed by atoms with Crippen LogP contribution in [0, 0.1) is 12.8 Å². The van der Waals surface area contributed by atoms with Crippen LogP contribution in [0.4, 0.5) is 0 Å². The molecule has 1 heterocycles. The number of primary sulfonamides is 1. The summed E-state index contributed by atoms with van der Waals surface area (Å²) < 4.78 is 22.4. The summed E-state index contributed by atoms with van der Waals surface area (Å²) in [4.78, 5) is 15.2. The van der Waals surface area contributed by atoms with Crippen LogP contribution >= 0.6 is 11.8 Å². The molecule has 1 saturated heterocycles. The molecule has 1 amide bonds. The quantitative estimate of drug-likeness (QED) is 0.825. The lowest BCUT2D eigenvalue weighted by molar-refractivity contribution is -0.129. The number of nitrogens with zero attached hydrogens (tertiary/aromatic N) is 1. The number of aryl methyl sites for hydroxylation is 1. The third-order valence-corrected chi connectivity index (χ3v) is 5.88. The Morgan fingerprint density at radius 3 is 2.82 bits per heavy atom. The summed E-state index contributed by atoms with van der Waals surface area (Å²) in [6.45, 7) is 3.22. The Hall–Kier alpha value is -1.05. The van der Waals surface area contributed by atoms with Gasteiger partial charge in [-0.05, 0) is 37.3 Å². The topological polar surface area (TPSA) is 80.5 Å². The Kier molecular flexibility index (Phi) is 5.88. The molecular formula is C15H22N2O3S2. The van der Waals surface area contributed by atoms with E-state index in [-0.39, 0.29) is 17.6 Å². The van der Waals surface area contributed by atoms with Gasteiger partial charge in [-0.2, -0.15) is 0 Å². The van der Waals surface area contributed by atoms with Crippen LogP contribution in [0.2, 0.25) is 0 Å². The van der Waals surface area contributed by atoms with E-state index in [2.05, 4.69) is 0 Å². The second-order valence-electron chi connectivity index (χ2n) is 5.73. The number of hydrogen-bond donors (Lipinski definition) is 1. The molecule has 1 aromatic carbocycles. The molecule has 5 nitrogen and oxygen atoms in total. The summed E-state index contributed by atoms with van der Waals surface area (Å²) >= 11 is 1.53. The van der Waals surface area contributed by atoms with Crippen molar-refractivity contribution in [1.29, 1.82) is 0 Å². The molecule has 0 spiro atoms. The number of thioether (sulfide) groups is 1. The van der Waals surface area contributed by atoms with Gasteiger partial charge in [-0.25, -0.2) is 13.6 Å². The van der Waals surface area contributed by atoms with Gasteiger partial charge in [-0.15, -0.1) is 11.8 Å². The highest BCUT2D eigenvalue weighted by atomic mass is 32.2. The summed E-state index contributed by atoms with van der Waals surface area (Å²) in [5.74, 6) is 0.359. The highest BCUT2D eigenvalue weighted by Gasteiger charge is 2.26. The van der Waals surface area contributed by atoms with Gasteiger partial charge in [-0.1, -0.05) is 18.2 Å². The van der Waals surface area contributed by atoms with E-state index >= 15 is 0 Å². The minimum absolute atomic E-state index is 0.0400. The Bertz CT molecular complexity index is 631. The van der Waals surface area contributed by atoms with Gasteiger partial charge in [0.15, 0.2) is 0 Å². The standard InChI is InChI=1S/C15H22N2O3S2/c1-12-5-2-3-7-14(12)21-10-15(18)17-8-4-6-13(9-17)11-22(16,19)20/h2-3,5,7,13H,4,6,8-11H2,1H3,(H2,16,19,20)/t13-/m1/s1. The molecule has 2 rings (SSSR count). The molecular weight excluding hydrogens is 320 g/mol. The number of benzene rings is 1. The van der Waals surface area contributed by atoms with Crippen molar-refractivity contribution in [3.05, 3.63) is 29.8 Å². The molecule has 22 heavy (non-hydrogen) atoms. The first kappa shape index (κ1) is 17.3. The zero-order valence-corrected chi connectivity index (χ0v) is 14.3. The van der Waals surface area contributed by atoms with E-state index in [9.17, 15) is 13.2 Å². The Morgan fingerprint density at radius 2 is 2.14 bits per heavy atom. The van der Waals surface area contributed by atoms with E-state index in [1.165, 1.54) is 11.8 Å². The molecule has 2 N–H and O–H groups in total. The number of nitrogens with two attached hydrogens (primary N) is 1. The summed E-state index contributed by atoms with van der Waals surface area (Å²) in [6.07, 6.45) is 1.64. The fraction of sp³-hybridized carbons (Fsp3) is 0.533. The number of carbonyl (C=O) groups is 1. The SMILES string of the molecule is Cc1ccccc1SCC(=O)N1CCC[C@@H](CS(N)(=O)=O)C1. The molecule has 0 bridgehead atoms. The Morgan fingerprint density at radius 1 is 1.41 bits per heavy atom. The largest absolute Gasteiger partial charge is 0.342 e. The number of piperidine rings is 1. The number of carbonyl (C=O) groups excluding carboxylic acids is 1. The molecule has 0 aliphatic carbocycles. The van der Waals surface area contributed by atoms with E-state index < -0.39 is 10.0 Å². The van der Waals surface area contributed by atoms with E-state index in [1.54, 1.807) is 4.90 Å². The van der Waals surface area contributed by atoms with Gasteiger partial charge in [0.25, 0.3) is 0 Å². The second-order valence-corrected chi connectivity index (χ2v) is 8.41. The molecule has 1 atom stereocenters. The second kappa shape index (κ2) is 7.48. The molecule has 7 heteroatoms. The number of sulfonamides is 1. The normalized spacial score (nSPS) is 19.2. The minimum atomic E-state index is -3.48. The third-order valence-electron chi connectivity index (χ3n) is 3.78. The van der Waals surface area contributed by atoms with Gasteiger partial charge < -0.3 is 4.90 Å². The zero-order chi connectivity index (χ0) is 16.2. The third kappa shape index (κ3) is 5.30. The lowest BCUT2D eigenvalue weighted by Gasteiger charge is -2.32. The summed E-state index contributed by atoms with van der Waals surface area (Å²) in [7, 11) is -3.48. The maximum atomic E-state index is 12.3. The Balaban J connectivity index is 1.88. The van der Waals surface area contributed by atoms with Crippen molar-refractivity contribution in [2.24, 2.45) is 11.1 Å². The number of amides is 1. The van der Waals surface area contributed by atoms with Crippen molar-refractivity contribution in [1.82, 2.24) is 4.90 Å². The van der Waals surface area contributed by atoms with Crippen molar-refractivity contribution in [2.75, 3.05) is 24.6 Å². The van der Waals surface area contributed by atoms with E-state index in [0.717, 1.165) is 23.3 Å². The summed E-state index contributed by atoms with van der Waals surface area (Å²) in [5, 5.41) is 5.10. The van der Waals surface area contributed by atoms with E-state index in [4.69, 9.17) is 5.14 Å². The molecule has 0 unspecified atom stereocenters. The predicted octanol–water partition coefficient (Wildman–Crippen LogP) is 1.61. The van der Waals surface area contributed by atoms with Gasteiger partial charge in [0.1, 0.15) is 0 Å². The smallest absolute Gasteiger partial charge is 0.232 e. The first-order chi connectivity index (χ1) is 10.3. The first-order valence-corrected chi connectivity index (χ1v) is 10.0. The lowest BCUT2D eigenvalue weighted by atomic mass is 10.0. The summed E-state index contributed by atoms with van der Waals surface area (Å²) in [6, 6.07) is 7.97. The van der Waals surface area contributed by atoms with Crippen LogP contribution in [0.25, 0.3) is 0 Å². The van der Waals surface area contributed by atoms with Crippen LogP contribution in [-0.2, 0) is 14.8 Å².